The van der Waals surface area contributed by atoms with Crippen molar-refractivity contribution >= 4 is 33.1 Å². The van der Waals surface area contributed by atoms with E-state index < -0.39 is 31.1 Å². The third-order valence-corrected chi connectivity index (χ3v) is 5.05. The number of nitrogens with one attached hydrogen (secondary N) is 1. The average Bonchev–Trinajstić information content (AvgIpc) is 2.62. The van der Waals surface area contributed by atoms with Gasteiger partial charge in [-0.15, -0.1) is 0 Å². The lowest BCUT2D eigenvalue weighted by Gasteiger charge is -2.03. The highest BCUT2D eigenvalue weighted by atomic mass is 32.2. The number of sulfone groups is 1. The summed E-state index contributed by atoms with van der Waals surface area (Å²) in [5, 5.41) is 25.4. The van der Waals surface area contributed by atoms with Crippen LogP contribution in [0.4, 0.5) is 17.1 Å². The fourth-order valence-electron chi connectivity index (χ4n) is 2.01. The molecule has 136 valence electrons. The van der Waals surface area contributed by atoms with Crippen LogP contribution in [0.15, 0.2) is 58.5 Å². The molecule has 0 radical (unpaired) electrons. The SMILES string of the molecule is O=[N+]([O-])c1ccc(N/N=C\CCS(=O)(=O)c2ccccc2)c([N+](=O)[O-])c1. The Hall–Kier alpha value is -3.34. The minimum Gasteiger partial charge on any atom is -0.272 e. The highest BCUT2D eigenvalue weighted by Crippen LogP contribution is 2.28. The van der Waals surface area contributed by atoms with Gasteiger partial charge in [0.05, 0.1) is 26.6 Å². The lowest BCUT2D eigenvalue weighted by Crippen LogP contribution is -2.07. The van der Waals surface area contributed by atoms with Crippen molar-refractivity contribution in [3.05, 3.63) is 68.8 Å². The fraction of sp³-hybridized carbons (Fsp3) is 0.133. The zero-order chi connectivity index (χ0) is 19.2. The van der Waals surface area contributed by atoms with E-state index in [2.05, 4.69) is 10.5 Å². The summed E-state index contributed by atoms with van der Waals surface area (Å²) < 4.78 is 24.1. The van der Waals surface area contributed by atoms with Gasteiger partial charge in [-0.25, -0.2) is 8.42 Å². The van der Waals surface area contributed by atoms with Crippen LogP contribution in [-0.2, 0) is 9.84 Å². The largest absolute Gasteiger partial charge is 0.301 e. The maximum absolute atomic E-state index is 12.1. The van der Waals surface area contributed by atoms with Crippen molar-refractivity contribution in [3.8, 4) is 0 Å². The van der Waals surface area contributed by atoms with E-state index in [1.165, 1.54) is 18.3 Å². The van der Waals surface area contributed by atoms with E-state index in [-0.39, 0.29) is 22.8 Å². The van der Waals surface area contributed by atoms with Crippen LogP contribution in [0.5, 0.6) is 0 Å². The minimum atomic E-state index is -3.44. The Labute approximate surface area is 148 Å². The first-order valence-corrected chi connectivity index (χ1v) is 8.94. The number of hydrazone groups is 1. The summed E-state index contributed by atoms with van der Waals surface area (Å²) in [7, 11) is -3.44. The third-order valence-electron chi connectivity index (χ3n) is 3.28. The van der Waals surface area contributed by atoms with Crippen molar-refractivity contribution in [2.24, 2.45) is 5.10 Å². The number of anilines is 1. The van der Waals surface area contributed by atoms with Crippen LogP contribution in [0.2, 0.25) is 0 Å². The molecule has 0 amide bonds. The van der Waals surface area contributed by atoms with Gasteiger partial charge in [0.15, 0.2) is 9.84 Å². The number of non-ortho nitro benzene ring substituents is 1. The van der Waals surface area contributed by atoms with Crippen molar-refractivity contribution in [1.82, 2.24) is 0 Å². The number of benzene rings is 2. The van der Waals surface area contributed by atoms with Crippen LogP contribution < -0.4 is 5.43 Å². The van der Waals surface area contributed by atoms with Crippen molar-refractivity contribution in [3.63, 3.8) is 0 Å². The first-order chi connectivity index (χ1) is 12.3. The maximum Gasteiger partial charge on any atom is 0.301 e. The Balaban J connectivity index is 2.01. The van der Waals surface area contributed by atoms with Gasteiger partial charge in [0.1, 0.15) is 5.69 Å². The van der Waals surface area contributed by atoms with Gasteiger partial charge in [0, 0.05) is 12.3 Å². The topological polar surface area (TPSA) is 145 Å². The molecule has 0 saturated carbocycles. The van der Waals surface area contributed by atoms with Crippen molar-refractivity contribution in [2.45, 2.75) is 11.3 Å². The number of nitro benzene ring substituents is 2. The molecule has 1 N–H and O–H groups in total. The van der Waals surface area contributed by atoms with Crippen LogP contribution in [0.1, 0.15) is 6.42 Å². The van der Waals surface area contributed by atoms with Gasteiger partial charge in [0.2, 0.25) is 0 Å². The van der Waals surface area contributed by atoms with E-state index in [4.69, 9.17) is 0 Å². The molecule has 0 unspecified atom stereocenters. The average molecular weight is 378 g/mol. The smallest absolute Gasteiger partial charge is 0.272 e. The van der Waals surface area contributed by atoms with Gasteiger partial charge in [-0.05, 0) is 24.6 Å². The molecular formula is C15H14N4O6S. The predicted octanol–water partition coefficient (Wildman–Crippen LogP) is 2.76. The van der Waals surface area contributed by atoms with E-state index in [9.17, 15) is 28.6 Å². The summed E-state index contributed by atoms with van der Waals surface area (Å²) >= 11 is 0. The Morgan fingerprint density at radius 1 is 1.04 bits per heavy atom. The molecule has 0 aliphatic carbocycles. The Kier molecular flexibility index (Phi) is 5.96. The molecule has 0 bridgehead atoms. The van der Waals surface area contributed by atoms with E-state index >= 15 is 0 Å². The normalized spacial score (nSPS) is 11.4. The standard InChI is InChI=1S/C15H14N4O6S/c20-18(21)12-7-8-14(15(11-12)19(22)23)17-16-9-4-10-26(24,25)13-5-2-1-3-6-13/h1-3,5-9,11,17H,4,10H2/b16-9-. The Morgan fingerprint density at radius 2 is 1.73 bits per heavy atom. The molecule has 0 saturated heterocycles. The highest BCUT2D eigenvalue weighted by molar-refractivity contribution is 7.91. The Bertz CT molecular complexity index is 944. The summed E-state index contributed by atoms with van der Waals surface area (Å²) in [5.41, 5.74) is 1.44. The number of nitrogens with zero attached hydrogens (tertiary/aromatic N) is 3. The summed E-state index contributed by atoms with van der Waals surface area (Å²) in [6, 6.07) is 11.0. The summed E-state index contributed by atoms with van der Waals surface area (Å²) in [4.78, 5) is 20.3. The molecule has 0 fully saturated rings. The van der Waals surface area contributed by atoms with Gasteiger partial charge in [-0.1, -0.05) is 18.2 Å². The lowest BCUT2D eigenvalue weighted by atomic mass is 10.2. The van der Waals surface area contributed by atoms with Crippen molar-refractivity contribution < 1.29 is 18.3 Å². The second-order valence-electron chi connectivity index (χ2n) is 5.06. The molecule has 0 atom stereocenters. The van der Waals surface area contributed by atoms with E-state index in [0.29, 0.717) is 0 Å². The van der Waals surface area contributed by atoms with E-state index in [0.717, 1.165) is 18.2 Å². The van der Waals surface area contributed by atoms with Crippen molar-refractivity contribution in [2.75, 3.05) is 11.2 Å². The highest BCUT2D eigenvalue weighted by Gasteiger charge is 2.19. The maximum atomic E-state index is 12.1. The van der Waals surface area contributed by atoms with Gasteiger partial charge in [0.25, 0.3) is 5.69 Å². The summed E-state index contributed by atoms with van der Waals surface area (Å²) in [6.45, 7) is 0. The molecule has 26 heavy (non-hydrogen) atoms. The number of hydrogen-bond donors (Lipinski definition) is 1. The van der Waals surface area contributed by atoms with Crippen LogP contribution in [0.3, 0.4) is 0 Å². The molecule has 11 heteroatoms. The molecule has 0 aliphatic heterocycles. The van der Waals surface area contributed by atoms with Gasteiger partial charge < -0.3 is 0 Å². The lowest BCUT2D eigenvalue weighted by molar-refractivity contribution is -0.393. The fourth-order valence-corrected chi connectivity index (χ4v) is 3.24. The summed E-state index contributed by atoms with van der Waals surface area (Å²) in [6.07, 6.45) is 1.36. The van der Waals surface area contributed by atoms with E-state index in [1.54, 1.807) is 18.2 Å². The molecule has 0 aromatic heterocycles. The number of nitro groups is 2. The van der Waals surface area contributed by atoms with Crippen LogP contribution in [-0.4, -0.2) is 30.2 Å². The molecular weight excluding hydrogens is 364 g/mol. The molecule has 2 aromatic carbocycles. The van der Waals surface area contributed by atoms with Gasteiger partial charge in [-0.2, -0.15) is 5.10 Å². The number of rotatable bonds is 8. The zero-order valence-corrected chi connectivity index (χ0v) is 14.1. The van der Waals surface area contributed by atoms with Crippen LogP contribution in [0, 0.1) is 20.2 Å². The van der Waals surface area contributed by atoms with E-state index in [1.807, 2.05) is 0 Å². The first-order valence-electron chi connectivity index (χ1n) is 7.29. The quantitative estimate of drug-likeness (QED) is 0.422. The third kappa shape index (κ3) is 4.83. The van der Waals surface area contributed by atoms with Crippen molar-refractivity contribution in [1.29, 1.82) is 0 Å². The zero-order valence-electron chi connectivity index (χ0n) is 13.3. The second-order valence-corrected chi connectivity index (χ2v) is 7.17. The first kappa shape index (κ1) is 19.0. The molecule has 0 aliphatic rings. The molecule has 2 rings (SSSR count). The van der Waals surface area contributed by atoms with Crippen LogP contribution in [0.25, 0.3) is 0 Å². The molecule has 0 heterocycles. The Morgan fingerprint density at radius 3 is 2.35 bits per heavy atom. The second kappa shape index (κ2) is 8.16. The molecule has 0 spiro atoms. The molecule has 10 nitrogen and oxygen atoms in total. The summed E-state index contributed by atoms with van der Waals surface area (Å²) in [5.74, 6) is -0.176. The molecule has 2 aromatic rings. The van der Waals surface area contributed by atoms with Gasteiger partial charge in [-0.3, -0.25) is 25.7 Å². The van der Waals surface area contributed by atoms with Crippen LogP contribution >= 0.6 is 0 Å². The minimum absolute atomic E-state index is 0.0391. The predicted molar refractivity (Wildman–Crippen MR) is 95.0 cm³/mol. The van der Waals surface area contributed by atoms with Gasteiger partial charge >= 0.3 is 5.69 Å². The monoisotopic (exact) mass is 378 g/mol. The number of hydrogen-bond acceptors (Lipinski definition) is 8.